The van der Waals surface area contributed by atoms with Gasteiger partial charge in [-0.1, -0.05) is 47.5 Å². The predicted molar refractivity (Wildman–Crippen MR) is 104 cm³/mol. The summed E-state index contributed by atoms with van der Waals surface area (Å²) in [7, 11) is -3.71. The first-order valence-corrected chi connectivity index (χ1v) is 10.00. The van der Waals surface area contributed by atoms with E-state index in [4.69, 9.17) is 11.6 Å². The molecule has 1 N–H and O–H groups in total. The van der Waals surface area contributed by atoms with E-state index in [0.717, 1.165) is 11.1 Å². The molecule has 2 aromatic carbocycles. The Hall–Kier alpha value is -2.31. The van der Waals surface area contributed by atoms with Crippen LogP contribution < -0.4 is 4.72 Å². The Bertz CT molecular complexity index is 1040. The zero-order chi connectivity index (χ0) is 18.9. The minimum Gasteiger partial charge on any atom is -0.266 e. The Morgan fingerprint density at radius 2 is 1.73 bits per heavy atom. The maximum atomic E-state index is 12.8. The van der Waals surface area contributed by atoms with E-state index in [9.17, 15) is 8.42 Å². The molecule has 0 spiro atoms. The van der Waals surface area contributed by atoms with Crippen molar-refractivity contribution in [3.05, 3.63) is 75.9 Å². The lowest BCUT2D eigenvalue weighted by atomic mass is 10.1. The normalized spacial score (nSPS) is 11.5. The Kier molecular flexibility index (Phi) is 5.07. The molecule has 136 valence electrons. The molecule has 0 unspecified atom stereocenters. The maximum Gasteiger partial charge on any atom is 0.263 e. The first kappa shape index (κ1) is 18.5. The summed E-state index contributed by atoms with van der Waals surface area (Å²) < 4.78 is 29.8. The Labute approximate surface area is 158 Å². The van der Waals surface area contributed by atoms with Crippen LogP contribution in [0, 0.1) is 20.8 Å². The highest BCUT2D eigenvalue weighted by Crippen LogP contribution is 2.24. The van der Waals surface area contributed by atoms with Crippen LogP contribution in [0.1, 0.15) is 22.3 Å². The number of hydrogen-bond donors (Lipinski definition) is 1. The molecule has 0 aliphatic carbocycles. The minimum absolute atomic E-state index is 0.274. The quantitative estimate of drug-likeness (QED) is 0.707. The second kappa shape index (κ2) is 7.13. The van der Waals surface area contributed by atoms with Crippen LogP contribution in [0.2, 0.25) is 5.02 Å². The summed E-state index contributed by atoms with van der Waals surface area (Å²) in [4.78, 5) is 0.295. The fourth-order valence-corrected chi connectivity index (χ4v) is 4.73. The van der Waals surface area contributed by atoms with Crippen molar-refractivity contribution in [1.29, 1.82) is 0 Å². The SMILES string of the molecule is Cc1cc(C)c(S(=O)(=O)Nc2ccn(Cc3ccccc3Cl)n2)c(C)c1. The standard InChI is InChI=1S/C19H20ClN3O2S/c1-13-10-14(2)19(15(3)11-13)26(24,25)22-18-8-9-23(21-18)12-16-6-4-5-7-17(16)20/h4-11H,12H2,1-3H3,(H,21,22). The summed E-state index contributed by atoms with van der Waals surface area (Å²) in [5.74, 6) is 0.274. The van der Waals surface area contributed by atoms with Crippen LogP contribution in [-0.2, 0) is 16.6 Å². The topological polar surface area (TPSA) is 64.0 Å². The van der Waals surface area contributed by atoms with E-state index < -0.39 is 10.0 Å². The molecule has 0 aliphatic heterocycles. The minimum atomic E-state index is -3.71. The smallest absolute Gasteiger partial charge is 0.263 e. The second-order valence-corrected chi connectivity index (χ2v) is 8.35. The van der Waals surface area contributed by atoms with Crippen LogP contribution in [0.25, 0.3) is 0 Å². The highest BCUT2D eigenvalue weighted by molar-refractivity contribution is 7.92. The van der Waals surface area contributed by atoms with Gasteiger partial charge in [0.2, 0.25) is 0 Å². The Balaban J connectivity index is 1.84. The van der Waals surface area contributed by atoms with Gasteiger partial charge in [-0.05, 0) is 43.5 Å². The van der Waals surface area contributed by atoms with Crippen LogP contribution in [0.15, 0.2) is 53.6 Å². The van der Waals surface area contributed by atoms with Crippen LogP contribution in [0.5, 0.6) is 0 Å². The van der Waals surface area contributed by atoms with Gasteiger partial charge in [0.05, 0.1) is 11.4 Å². The highest BCUT2D eigenvalue weighted by atomic mass is 35.5. The van der Waals surface area contributed by atoms with Crippen molar-refractivity contribution in [2.45, 2.75) is 32.2 Å². The lowest BCUT2D eigenvalue weighted by Crippen LogP contribution is -2.16. The van der Waals surface area contributed by atoms with E-state index in [2.05, 4.69) is 9.82 Å². The lowest BCUT2D eigenvalue weighted by Gasteiger charge is -2.12. The first-order valence-electron chi connectivity index (χ1n) is 8.14. The van der Waals surface area contributed by atoms with Crippen molar-refractivity contribution in [3.63, 3.8) is 0 Å². The van der Waals surface area contributed by atoms with Crippen LogP contribution in [0.4, 0.5) is 5.82 Å². The molecule has 26 heavy (non-hydrogen) atoms. The van der Waals surface area contributed by atoms with Crippen LogP contribution >= 0.6 is 11.6 Å². The third-order valence-corrected chi connectivity index (χ3v) is 6.07. The molecular formula is C19H20ClN3O2S. The molecule has 0 saturated heterocycles. The third-order valence-electron chi connectivity index (χ3n) is 4.04. The molecule has 7 heteroatoms. The third kappa shape index (κ3) is 3.92. The molecule has 0 saturated carbocycles. The molecule has 3 aromatic rings. The first-order chi connectivity index (χ1) is 12.3. The van der Waals surface area contributed by atoms with Crippen LogP contribution in [0.3, 0.4) is 0 Å². The van der Waals surface area contributed by atoms with Gasteiger partial charge >= 0.3 is 0 Å². The van der Waals surface area contributed by atoms with Gasteiger partial charge in [0, 0.05) is 17.3 Å². The number of anilines is 1. The van der Waals surface area contributed by atoms with Crippen molar-refractivity contribution >= 4 is 27.4 Å². The molecule has 0 aliphatic rings. The van der Waals surface area contributed by atoms with E-state index in [1.54, 1.807) is 30.8 Å². The van der Waals surface area contributed by atoms with Crippen molar-refractivity contribution < 1.29 is 8.42 Å². The van der Waals surface area contributed by atoms with Gasteiger partial charge in [-0.2, -0.15) is 5.10 Å². The largest absolute Gasteiger partial charge is 0.266 e. The highest BCUT2D eigenvalue weighted by Gasteiger charge is 2.21. The Morgan fingerprint density at radius 3 is 2.38 bits per heavy atom. The fourth-order valence-electron chi connectivity index (χ4n) is 3.08. The van der Waals surface area contributed by atoms with Crippen molar-refractivity contribution in [1.82, 2.24) is 9.78 Å². The molecule has 3 rings (SSSR count). The van der Waals surface area contributed by atoms with Gasteiger partial charge in [-0.25, -0.2) is 8.42 Å². The average Bonchev–Trinajstić information content (AvgIpc) is 2.94. The van der Waals surface area contributed by atoms with Gasteiger partial charge in [-0.3, -0.25) is 9.40 Å². The number of nitrogens with zero attached hydrogens (tertiary/aromatic N) is 2. The number of aryl methyl sites for hydroxylation is 3. The number of halogens is 1. The van der Waals surface area contributed by atoms with Crippen LogP contribution in [-0.4, -0.2) is 18.2 Å². The second-order valence-electron chi connectivity index (χ2n) is 6.32. The number of rotatable bonds is 5. The van der Waals surface area contributed by atoms with Gasteiger partial charge in [-0.15, -0.1) is 0 Å². The molecule has 5 nitrogen and oxygen atoms in total. The summed E-state index contributed by atoms with van der Waals surface area (Å²) in [5, 5.41) is 4.95. The van der Waals surface area contributed by atoms with Crippen molar-refractivity contribution in [2.24, 2.45) is 0 Å². The number of hydrogen-bond acceptors (Lipinski definition) is 3. The molecular weight excluding hydrogens is 370 g/mol. The zero-order valence-electron chi connectivity index (χ0n) is 14.8. The molecule has 0 fully saturated rings. The van der Waals surface area contributed by atoms with E-state index in [1.807, 2.05) is 43.3 Å². The summed E-state index contributed by atoms with van der Waals surface area (Å²) in [6.07, 6.45) is 1.72. The van der Waals surface area contributed by atoms with Crippen molar-refractivity contribution in [3.8, 4) is 0 Å². The van der Waals surface area contributed by atoms with E-state index in [-0.39, 0.29) is 5.82 Å². The summed E-state index contributed by atoms with van der Waals surface area (Å²) >= 11 is 6.16. The lowest BCUT2D eigenvalue weighted by molar-refractivity contribution is 0.599. The van der Waals surface area contributed by atoms with E-state index >= 15 is 0 Å². The molecule has 0 amide bonds. The maximum absolute atomic E-state index is 12.8. The van der Waals surface area contributed by atoms with E-state index in [0.29, 0.717) is 27.6 Å². The number of benzene rings is 2. The van der Waals surface area contributed by atoms with Gasteiger partial charge < -0.3 is 0 Å². The van der Waals surface area contributed by atoms with Gasteiger partial charge in [0.15, 0.2) is 5.82 Å². The summed E-state index contributed by atoms with van der Waals surface area (Å²) in [6.45, 7) is 6.00. The Morgan fingerprint density at radius 1 is 1.08 bits per heavy atom. The molecule has 1 aromatic heterocycles. The number of sulfonamides is 1. The van der Waals surface area contributed by atoms with Gasteiger partial charge in [0.1, 0.15) is 0 Å². The molecule has 1 heterocycles. The number of nitrogens with one attached hydrogen (secondary N) is 1. The molecule has 0 atom stereocenters. The van der Waals surface area contributed by atoms with Crippen molar-refractivity contribution in [2.75, 3.05) is 4.72 Å². The predicted octanol–water partition coefficient (Wildman–Crippen LogP) is 4.31. The zero-order valence-corrected chi connectivity index (χ0v) is 16.4. The van der Waals surface area contributed by atoms with Gasteiger partial charge in [0.25, 0.3) is 10.0 Å². The van der Waals surface area contributed by atoms with E-state index in [1.165, 1.54) is 0 Å². The summed E-state index contributed by atoms with van der Waals surface area (Å²) in [5.41, 5.74) is 3.37. The summed E-state index contributed by atoms with van der Waals surface area (Å²) in [6, 6.07) is 12.8. The average molecular weight is 390 g/mol. The number of aromatic nitrogens is 2. The molecule has 0 radical (unpaired) electrons. The molecule has 0 bridgehead atoms. The fraction of sp³-hybridized carbons (Fsp3) is 0.211. The monoisotopic (exact) mass is 389 g/mol.